The summed E-state index contributed by atoms with van der Waals surface area (Å²) in [5.74, 6) is 1.17. The minimum Gasteiger partial charge on any atom is -0.493 e. The molecular formula is C26H39N7O5. The van der Waals surface area contributed by atoms with Crippen molar-refractivity contribution < 1.29 is 23.8 Å². The van der Waals surface area contributed by atoms with Crippen LogP contribution in [0, 0.1) is 0 Å². The first kappa shape index (κ1) is 27.8. The maximum atomic E-state index is 13.5. The molecule has 1 aliphatic heterocycles. The van der Waals surface area contributed by atoms with Crippen molar-refractivity contribution in [2.75, 3.05) is 53.6 Å². The molecule has 38 heavy (non-hydrogen) atoms. The zero-order valence-electron chi connectivity index (χ0n) is 22.6. The van der Waals surface area contributed by atoms with Gasteiger partial charge in [-0.3, -0.25) is 14.5 Å². The van der Waals surface area contributed by atoms with Crippen LogP contribution in [0.5, 0.6) is 11.5 Å². The number of amides is 2. The van der Waals surface area contributed by atoms with Crippen LogP contribution in [0.25, 0.3) is 11.4 Å². The largest absolute Gasteiger partial charge is 0.493 e. The van der Waals surface area contributed by atoms with E-state index >= 15 is 0 Å². The average molecular weight is 530 g/mol. The molecule has 1 unspecified atom stereocenters. The number of benzene rings is 1. The molecule has 2 amide bonds. The Morgan fingerprint density at radius 1 is 1.16 bits per heavy atom. The molecule has 1 aromatic carbocycles. The number of methoxy groups -OCH3 is 2. The van der Waals surface area contributed by atoms with Crippen molar-refractivity contribution >= 4 is 11.8 Å². The van der Waals surface area contributed by atoms with Crippen LogP contribution < -0.4 is 14.8 Å². The van der Waals surface area contributed by atoms with Crippen molar-refractivity contribution in [1.82, 2.24) is 35.3 Å². The van der Waals surface area contributed by atoms with Gasteiger partial charge >= 0.3 is 0 Å². The van der Waals surface area contributed by atoms with Crippen LogP contribution in [-0.2, 0) is 20.9 Å². The minimum absolute atomic E-state index is 0.112. The number of tetrazole rings is 1. The van der Waals surface area contributed by atoms with E-state index in [-0.39, 0.29) is 24.4 Å². The van der Waals surface area contributed by atoms with Gasteiger partial charge in [0.15, 0.2) is 11.5 Å². The molecule has 208 valence electrons. The summed E-state index contributed by atoms with van der Waals surface area (Å²) >= 11 is 0. The lowest BCUT2D eigenvalue weighted by Gasteiger charge is -2.31. The number of carbonyl (C=O) groups is 2. The van der Waals surface area contributed by atoms with Crippen molar-refractivity contribution in [3.63, 3.8) is 0 Å². The first-order valence-corrected chi connectivity index (χ1v) is 13.4. The molecule has 1 aliphatic carbocycles. The van der Waals surface area contributed by atoms with Gasteiger partial charge in [-0.15, -0.1) is 10.2 Å². The zero-order chi connectivity index (χ0) is 26.9. The predicted molar refractivity (Wildman–Crippen MR) is 140 cm³/mol. The lowest BCUT2D eigenvalue weighted by Crippen LogP contribution is -2.51. The Bertz CT molecular complexity index is 1070. The molecule has 1 aromatic heterocycles. The molecule has 0 spiro atoms. The summed E-state index contributed by atoms with van der Waals surface area (Å²) in [5.41, 5.74) is 0.688. The number of nitrogens with one attached hydrogen (secondary N) is 1. The third-order valence-electron chi connectivity index (χ3n) is 7.22. The Morgan fingerprint density at radius 3 is 2.61 bits per heavy atom. The molecule has 12 nitrogen and oxygen atoms in total. The van der Waals surface area contributed by atoms with E-state index in [0.717, 1.165) is 65.0 Å². The van der Waals surface area contributed by atoms with Crippen LogP contribution in [0.1, 0.15) is 39.0 Å². The normalized spacial score (nSPS) is 17.2. The van der Waals surface area contributed by atoms with Gasteiger partial charge in [0.05, 0.1) is 27.4 Å². The highest BCUT2D eigenvalue weighted by Crippen LogP contribution is 2.30. The number of nitrogens with zero attached hydrogens (tertiary/aromatic N) is 6. The van der Waals surface area contributed by atoms with Crippen molar-refractivity contribution in [1.29, 1.82) is 0 Å². The second kappa shape index (κ2) is 13.5. The topological polar surface area (TPSA) is 124 Å². The van der Waals surface area contributed by atoms with Gasteiger partial charge < -0.3 is 24.4 Å². The quantitative estimate of drug-likeness (QED) is 0.434. The predicted octanol–water partition coefficient (Wildman–Crippen LogP) is 1.36. The second-order valence-electron chi connectivity index (χ2n) is 9.77. The molecule has 1 saturated heterocycles. The molecule has 1 saturated carbocycles. The first-order valence-electron chi connectivity index (χ1n) is 13.4. The van der Waals surface area contributed by atoms with Crippen molar-refractivity contribution in [3.05, 3.63) is 18.2 Å². The van der Waals surface area contributed by atoms with Crippen LogP contribution in [-0.4, -0.2) is 108 Å². The highest BCUT2D eigenvalue weighted by Gasteiger charge is 2.29. The van der Waals surface area contributed by atoms with E-state index in [1.165, 1.54) is 4.80 Å². The van der Waals surface area contributed by atoms with E-state index in [1.807, 2.05) is 0 Å². The Hall–Kier alpha value is -3.25. The summed E-state index contributed by atoms with van der Waals surface area (Å²) in [6, 6.07) is 4.92. The van der Waals surface area contributed by atoms with Gasteiger partial charge in [-0.05, 0) is 49.6 Å². The number of hydrogen-bond acceptors (Lipinski definition) is 9. The zero-order valence-corrected chi connectivity index (χ0v) is 22.6. The van der Waals surface area contributed by atoms with Crippen molar-refractivity contribution in [2.24, 2.45) is 0 Å². The number of carbonyl (C=O) groups excluding carboxylic acids is 2. The summed E-state index contributed by atoms with van der Waals surface area (Å²) in [7, 11) is 3.13. The minimum atomic E-state index is -0.596. The fraction of sp³-hybridized carbons (Fsp3) is 0.654. The lowest BCUT2D eigenvalue weighted by molar-refractivity contribution is -0.141. The van der Waals surface area contributed by atoms with E-state index in [4.69, 9.17) is 14.2 Å². The number of rotatable bonds is 12. The molecule has 1 N–H and O–H groups in total. The maximum absolute atomic E-state index is 13.5. The molecule has 2 aromatic rings. The number of ether oxygens (including phenoxy) is 3. The maximum Gasteiger partial charge on any atom is 0.246 e. The summed E-state index contributed by atoms with van der Waals surface area (Å²) in [6.07, 6.45) is 4.99. The van der Waals surface area contributed by atoms with Gasteiger partial charge in [-0.2, -0.15) is 4.80 Å². The number of aromatic nitrogens is 4. The molecular weight excluding hydrogens is 490 g/mol. The molecule has 2 aliphatic rings. The summed E-state index contributed by atoms with van der Waals surface area (Å²) in [5, 5.41) is 15.7. The summed E-state index contributed by atoms with van der Waals surface area (Å²) in [4.78, 5) is 31.7. The van der Waals surface area contributed by atoms with Crippen LogP contribution in [0.3, 0.4) is 0 Å². The standard InChI is InChI=1S/C26H39N7O5/c1-19(26(35)27-21-7-4-5-8-21)32(12-6-11-31-13-15-38-16-14-31)24(34)18-33-29-25(28-30-33)20-9-10-22(36-2)23(17-20)37-3/h9-10,17,19,21H,4-8,11-16,18H2,1-3H3,(H,27,35). The van der Waals surface area contributed by atoms with E-state index in [9.17, 15) is 9.59 Å². The van der Waals surface area contributed by atoms with Crippen molar-refractivity contribution in [3.8, 4) is 22.9 Å². The monoisotopic (exact) mass is 529 g/mol. The third kappa shape index (κ3) is 7.19. The van der Waals surface area contributed by atoms with E-state index in [0.29, 0.717) is 29.4 Å². The molecule has 2 fully saturated rings. The molecule has 0 bridgehead atoms. The van der Waals surface area contributed by atoms with Crippen LogP contribution in [0.2, 0.25) is 0 Å². The molecule has 1 atom stereocenters. The Labute approximate surface area is 223 Å². The Morgan fingerprint density at radius 2 is 1.89 bits per heavy atom. The van der Waals surface area contributed by atoms with Gasteiger partial charge in [0.2, 0.25) is 17.6 Å². The van der Waals surface area contributed by atoms with Gasteiger partial charge in [0.1, 0.15) is 12.6 Å². The fourth-order valence-corrected chi connectivity index (χ4v) is 4.97. The third-order valence-corrected chi connectivity index (χ3v) is 7.22. The smallest absolute Gasteiger partial charge is 0.246 e. The van der Waals surface area contributed by atoms with Crippen molar-refractivity contribution in [2.45, 2.75) is 57.7 Å². The Balaban J connectivity index is 1.42. The van der Waals surface area contributed by atoms with Crippen LogP contribution in [0.15, 0.2) is 18.2 Å². The first-order chi connectivity index (χ1) is 18.5. The highest BCUT2D eigenvalue weighted by molar-refractivity contribution is 5.87. The second-order valence-corrected chi connectivity index (χ2v) is 9.77. The number of hydrogen-bond donors (Lipinski definition) is 1. The fourth-order valence-electron chi connectivity index (χ4n) is 4.97. The van der Waals surface area contributed by atoms with E-state index < -0.39 is 6.04 Å². The lowest BCUT2D eigenvalue weighted by atomic mass is 10.2. The van der Waals surface area contributed by atoms with Crippen LogP contribution >= 0.6 is 0 Å². The SMILES string of the molecule is COc1ccc(-c2nnn(CC(=O)N(CCCN3CCOCC3)C(C)C(=O)NC3CCCC3)n2)cc1OC. The summed E-state index contributed by atoms with van der Waals surface area (Å²) in [6.45, 7) is 6.20. The summed E-state index contributed by atoms with van der Waals surface area (Å²) < 4.78 is 16.1. The van der Waals surface area contributed by atoms with E-state index in [2.05, 4.69) is 25.6 Å². The van der Waals surface area contributed by atoms with E-state index in [1.54, 1.807) is 44.2 Å². The number of morpholine rings is 1. The highest BCUT2D eigenvalue weighted by atomic mass is 16.5. The van der Waals surface area contributed by atoms with Gasteiger partial charge in [0.25, 0.3) is 0 Å². The van der Waals surface area contributed by atoms with Crippen LogP contribution in [0.4, 0.5) is 0 Å². The molecule has 4 rings (SSSR count). The molecule has 12 heteroatoms. The Kier molecular flexibility index (Phi) is 9.88. The average Bonchev–Trinajstić information content (AvgIpc) is 3.63. The molecule has 2 heterocycles. The van der Waals surface area contributed by atoms with Gasteiger partial charge in [0, 0.05) is 37.8 Å². The molecule has 0 radical (unpaired) electrons. The van der Waals surface area contributed by atoms with Gasteiger partial charge in [-0.1, -0.05) is 12.8 Å². The van der Waals surface area contributed by atoms with Gasteiger partial charge in [-0.25, -0.2) is 0 Å².